The maximum Gasteiger partial charge on any atom is 0.215 e. The van der Waals surface area contributed by atoms with E-state index < -0.39 is 10.0 Å². The molecule has 2 aromatic rings. The van der Waals surface area contributed by atoms with Crippen LogP contribution in [0.2, 0.25) is 0 Å². The monoisotopic (exact) mass is 418 g/mol. The number of nitrogens with zero attached hydrogens (tertiary/aromatic N) is 4. The predicted octanol–water partition coefficient (Wildman–Crippen LogP) is 1.59. The van der Waals surface area contributed by atoms with E-state index in [1.807, 2.05) is 43.0 Å². The Morgan fingerprint density at radius 1 is 1.34 bits per heavy atom. The molecule has 0 saturated carbocycles. The minimum absolute atomic E-state index is 0.0251. The number of hydrogen-bond donors (Lipinski definition) is 2. The van der Waals surface area contributed by atoms with Gasteiger partial charge < -0.3 is 14.8 Å². The molecule has 29 heavy (non-hydrogen) atoms. The Bertz CT molecular complexity index is 926. The molecule has 2 N–H and O–H groups in total. The number of hydrogen-bond acceptors (Lipinski definition) is 4. The molecule has 2 heterocycles. The maximum atomic E-state index is 11.8. The highest BCUT2D eigenvalue weighted by molar-refractivity contribution is 7.88. The normalized spacial score (nSPS) is 20.7. The summed E-state index contributed by atoms with van der Waals surface area (Å²) in [6, 6.07) is 7.98. The molecule has 1 aromatic carbocycles. The lowest BCUT2D eigenvalue weighted by atomic mass is 9.93. The van der Waals surface area contributed by atoms with Crippen LogP contribution in [0.1, 0.15) is 30.5 Å². The third kappa shape index (κ3) is 5.57. The maximum absolute atomic E-state index is 11.8. The van der Waals surface area contributed by atoms with Crippen molar-refractivity contribution in [1.29, 1.82) is 0 Å². The molecular formula is C20H30N6O2S. The van der Waals surface area contributed by atoms with Gasteiger partial charge in [0.2, 0.25) is 10.0 Å². The lowest BCUT2D eigenvalue weighted by molar-refractivity contribution is 0.189. The summed E-state index contributed by atoms with van der Waals surface area (Å²) in [5.74, 6) is 1.41. The van der Waals surface area contributed by atoms with Crippen LogP contribution in [0, 0.1) is 5.92 Å². The fourth-order valence-electron chi connectivity index (χ4n) is 3.73. The third-order valence-electron chi connectivity index (χ3n) is 5.45. The van der Waals surface area contributed by atoms with Crippen molar-refractivity contribution in [3.05, 3.63) is 54.1 Å². The van der Waals surface area contributed by atoms with Crippen LogP contribution in [0.15, 0.2) is 48.0 Å². The zero-order valence-corrected chi connectivity index (χ0v) is 18.1. The van der Waals surface area contributed by atoms with Gasteiger partial charge in [0.05, 0.1) is 18.1 Å². The van der Waals surface area contributed by atoms with E-state index in [2.05, 4.69) is 36.4 Å². The average molecular weight is 419 g/mol. The number of guanidine groups is 1. The van der Waals surface area contributed by atoms with E-state index in [1.165, 1.54) is 7.05 Å². The average Bonchev–Trinajstić information content (AvgIpc) is 3.24. The Kier molecular flexibility index (Phi) is 6.92. The van der Waals surface area contributed by atoms with Gasteiger partial charge in [-0.05, 0) is 30.5 Å². The second kappa shape index (κ2) is 9.41. The van der Waals surface area contributed by atoms with Crippen LogP contribution in [0.4, 0.5) is 0 Å². The summed E-state index contributed by atoms with van der Waals surface area (Å²) in [6.07, 6.45) is 6.80. The highest BCUT2D eigenvalue weighted by Crippen LogP contribution is 2.27. The SMILES string of the molecule is CN=C(NCc1cccc(CS(=O)(=O)NC)c1)N1CCC(C)C(n2ccnc2)C1. The predicted molar refractivity (Wildman–Crippen MR) is 115 cm³/mol. The summed E-state index contributed by atoms with van der Waals surface area (Å²) in [7, 11) is -0.0592. The summed E-state index contributed by atoms with van der Waals surface area (Å²) < 4.78 is 28.1. The van der Waals surface area contributed by atoms with Gasteiger partial charge in [-0.1, -0.05) is 31.2 Å². The summed E-state index contributed by atoms with van der Waals surface area (Å²) in [4.78, 5) is 10.9. The van der Waals surface area contributed by atoms with Crippen molar-refractivity contribution < 1.29 is 8.42 Å². The molecule has 0 radical (unpaired) electrons. The molecule has 158 valence electrons. The van der Waals surface area contributed by atoms with Crippen molar-refractivity contribution >= 4 is 16.0 Å². The topological polar surface area (TPSA) is 91.6 Å². The molecule has 1 fully saturated rings. The Morgan fingerprint density at radius 2 is 2.14 bits per heavy atom. The number of imidazole rings is 1. The van der Waals surface area contributed by atoms with E-state index in [9.17, 15) is 8.42 Å². The quantitative estimate of drug-likeness (QED) is 0.549. The smallest absolute Gasteiger partial charge is 0.215 e. The zero-order valence-electron chi connectivity index (χ0n) is 17.2. The van der Waals surface area contributed by atoms with Gasteiger partial charge in [-0.2, -0.15) is 0 Å². The molecule has 1 aromatic heterocycles. The zero-order chi connectivity index (χ0) is 20.9. The van der Waals surface area contributed by atoms with Gasteiger partial charge >= 0.3 is 0 Å². The lowest BCUT2D eigenvalue weighted by Crippen LogP contribution is -2.48. The molecule has 3 rings (SSSR count). The number of piperidine rings is 1. The molecule has 1 aliphatic heterocycles. The Hall–Kier alpha value is -2.39. The van der Waals surface area contributed by atoms with Gasteiger partial charge in [0.1, 0.15) is 0 Å². The fourth-order valence-corrected chi connectivity index (χ4v) is 4.49. The van der Waals surface area contributed by atoms with Gasteiger partial charge in [0.25, 0.3) is 0 Å². The van der Waals surface area contributed by atoms with Gasteiger partial charge in [0, 0.05) is 39.1 Å². The molecule has 2 atom stereocenters. The Morgan fingerprint density at radius 3 is 2.83 bits per heavy atom. The van der Waals surface area contributed by atoms with Gasteiger partial charge in [0.15, 0.2) is 5.96 Å². The number of sulfonamides is 1. The largest absolute Gasteiger partial charge is 0.352 e. The van der Waals surface area contributed by atoms with E-state index in [1.54, 1.807) is 7.05 Å². The number of rotatable bonds is 6. The second-order valence-corrected chi connectivity index (χ2v) is 9.40. The van der Waals surface area contributed by atoms with Gasteiger partial charge in [-0.3, -0.25) is 4.99 Å². The molecule has 1 aliphatic rings. The van der Waals surface area contributed by atoms with Crippen molar-refractivity contribution in [1.82, 2.24) is 24.5 Å². The van der Waals surface area contributed by atoms with Crippen LogP contribution in [-0.4, -0.2) is 56.0 Å². The van der Waals surface area contributed by atoms with Crippen LogP contribution < -0.4 is 10.0 Å². The number of likely N-dealkylation sites (tertiary alicyclic amines) is 1. The van der Waals surface area contributed by atoms with Crippen LogP contribution in [0.25, 0.3) is 0 Å². The first kappa shape index (κ1) is 21.3. The van der Waals surface area contributed by atoms with E-state index in [-0.39, 0.29) is 5.75 Å². The van der Waals surface area contributed by atoms with Crippen molar-refractivity contribution in [2.24, 2.45) is 10.9 Å². The van der Waals surface area contributed by atoms with Crippen LogP contribution >= 0.6 is 0 Å². The highest BCUT2D eigenvalue weighted by atomic mass is 32.2. The molecule has 8 nitrogen and oxygen atoms in total. The van der Waals surface area contributed by atoms with E-state index in [0.29, 0.717) is 18.5 Å². The first-order valence-corrected chi connectivity index (χ1v) is 11.5. The Balaban J connectivity index is 1.63. The number of nitrogens with one attached hydrogen (secondary N) is 2. The Labute approximate surface area is 173 Å². The number of aliphatic imine (C=N–C) groups is 1. The number of benzene rings is 1. The summed E-state index contributed by atoms with van der Waals surface area (Å²) >= 11 is 0. The van der Waals surface area contributed by atoms with E-state index in [4.69, 9.17) is 0 Å². The minimum Gasteiger partial charge on any atom is -0.352 e. The van der Waals surface area contributed by atoms with Crippen molar-refractivity contribution in [3.63, 3.8) is 0 Å². The molecule has 1 saturated heterocycles. The standard InChI is InChI=1S/C20H30N6O2S/c1-16-7-9-25(13-19(16)26-10-8-23-15-26)20(21-2)24-12-17-5-4-6-18(11-17)14-29(27,28)22-3/h4-6,8,10-11,15-16,19,22H,7,9,12-14H2,1-3H3,(H,21,24). The van der Waals surface area contributed by atoms with Crippen molar-refractivity contribution in [3.8, 4) is 0 Å². The van der Waals surface area contributed by atoms with Gasteiger partial charge in [-0.25, -0.2) is 18.1 Å². The molecule has 9 heteroatoms. The molecular weight excluding hydrogens is 388 g/mol. The van der Waals surface area contributed by atoms with E-state index >= 15 is 0 Å². The molecule has 0 spiro atoms. The molecule has 0 bridgehead atoms. The summed E-state index contributed by atoms with van der Waals surface area (Å²) in [5.41, 5.74) is 1.78. The summed E-state index contributed by atoms with van der Waals surface area (Å²) in [6.45, 7) is 4.69. The highest BCUT2D eigenvalue weighted by Gasteiger charge is 2.28. The molecule has 0 amide bonds. The number of aromatic nitrogens is 2. The lowest BCUT2D eigenvalue weighted by Gasteiger charge is -2.39. The van der Waals surface area contributed by atoms with Crippen molar-refractivity contribution in [2.75, 3.05) is 27.2 Å². The first-order valence-electron chi connectivity index (χ1n) is 9.84. The molecule has 2 unspecified atom stereocenters. The summed E-state index contributed by atoms with van der Waals surface area (Å²) in [5, 5.41) is 3.43. The van der Waals surface area contributed by atoms with E-state index in [0.717, 1.165) is 36.6 Å². The minimum atomic E-state index is -3.29. The van der Waals surface area contributed by atoms with Crippen LogP contribution in [0.3, 0.4) is 0 Å². The molecule has 0 aliphatic carbocycles. The van der Waals surface area contributed by atoms with Crippen molar-refractivity contribution in [2.45, 2.75) is 31.7 Å². The fraction of sp³-hybridized carbons (Fsp3) is 0.500. The third-order valence-corrected chi connectivity index (χ3v) is 6.78. The van der Waals surface area contributed by atoms with Crippen LogP contribution in [0.5, 0.6) is 0 Å². The van der Waals surface area contributed by atoms with Gasteiger partial charge in [-0.15, -0.1) is 0 Å². The van der Waals surface area contributed by atoms with Crippen LogP contribution in [-0.2, 0) is 22.3 Å². The first-order chi connectivity index (χ1) is 13.9. The second-order valence-electron chi connectivity index (χ2n) is 7.47.